The van der Waals surface area contributed by atoms with Crippen LogP contribution in [0.15, 0.2) is 17.0 Å². The molecule has 0 aliphatic carbocycles. The molecule has 1 fully saturated rings. The molecule has 0 radical (unpaired) electrons. The van der Waals surface area contributed by atoms with Crippen molar-refractivity contribution in [2.75, 3.05) is 19.7 Å². The van der Waals surface area contributed by atoms with Crippen LogP contribution in [-0.4, -0.2) is 38.4 Å². The van der Waals surface area contributed by atoms with Crippen molar-refractivity contribution in [3.8, 4) is 0 Å². The van der Waals surface area contributed by atoms with Crippen molar-refractivity contribution in [3.05, 3.63) is 29.6 Å². The first-order valence-corrected chi connectivity index (χ1v) is 8.53. The molecule has 9 heteroatoms. The molecule has 1 aromatic rings. The zero-order chi connectivity index (χ0) is 17.2. The fourth-order valence-electron chi connectivity index (χ4n) is 2.46. The molecule has 1 aliphatic heterocycles. The third kappa shape index (κ3) is 3.50. The summed E-state index contributed by atoms with van der Waals surface area (Å²) >= 11 is 0. The second kappa shape index (κ2) is 6.88. The van der Waals surface area contributed by atoms with Gasteiger partial charge in [-0.1, -0.05) is 0 Å². The Balaban J connectivity index is 2.29. The lowest BCUT2D eigenvalue weighted by Gasteiger charge is -2.30. The van der Waals surface area contributed by atoms with Gasteiger partial charge in [0.1, 0.15) is 4.90 Å². The predicted molar refractivity (Wildman–Crippen MR) is 74.4 cm³/mol. The van der Waals surface area contributed by atoms with E-state index >= 15 is 0 Å². The van der Waals surface area contributed by atoms with Gasteiger partial charge in [-0.15, -0.1) is 0 Å². The number of carbonyl (C=O) groups excluding carboxylic acids is 1. The van der Waals surface area contributed by atoms with Crippen molar-refractivity contribution in [1.82, 2.24) is 4.31 Å². The van der Waals surface area contributed by atoms with Gasteiger partial charge in [-0.2, -0.15) is 4.31 Å². The summed E-state index contributed by atoms with van der Waals surface area (Å²) < 4.78 is 70.7. The Morgan fingerprint density at radius 1 is 1.30 bits per heavy atom. The Morgan fingerprint density at radius 3 is 2.65 bits per heavy atom. The molecule has 0 bridgehead atoms. The van der Waals surface area contributed by atoms with E-state index in [1.54, 1.807) is 6.92 Å². The van der Waals surface area contributed by atoms with Crippen molar-refractivity contribution >= 4 is 16.0 Å². The summed E-state index contributed by atoms with van der Waals surface area (Å²) in [6.45, 7) is 1.68. The Labute approximate surface area is 132 Å². The van der Waals surface area contributed by atoms with Crippen LogP contribution in [0.2, 0.25) is 0 Å². The van der Waals surface area contributed by atoms with Crippen molar-refractivity contribution in [2.45, 2.75) is 24.7 Å². The van der Waals surface area contributed by atoms with Crippen molar-refractivity contribution in [3.63, 3.8) is 0 Å². The van der Waals surface area contributed by atoms with E-state index in [-0.39, 0.29) is 19.7 Å². The van der Waals surface area contributed by atoms with Crippen molar-refractivity contribution in [2.24, 2.45) is 5.92 Å². The molecule has 0 aromatic heterocycles. The largest absolute Gasteiger partial charge is 0.466 e. The number of sulfonamides is 1. The second-order valence-electron chi connectivity index (χ2n) is 5.13. The number of benzene rings is 1. The van der Waals surface area contributed by atoms with Crippen LogP contribution in [0.4, 0.5) is 13.2 Å². The number of piperidine rings is 1. The molecular weight excluding hydrogens is 335 g/mol. The maximum absolute atomic E-state index is 13.8. The zero-order valence-corrected chi connectivity index (χ0v) is 13.2. The van der Waals surface area contributed by atoms with Gasteiger partial charge in [0.15, 0.2) is 17.5 Å². The van der Waals surface area contributed by atoms with Gasteiger partial charge in [-0.05, 0) is 31.9 Å². The summed E-state index contributed by atoms with van der Waals surface area (Å²) in [5.41, 5.74) is 0. The molecule has 5 nitrogen and oxygen atoms in total. The van der Waals surface area contributed by atoms with E-state index in [0.29, 0.717) is 25.0 Å². The van der Waals surface area contributed by atoms with Gasteiger partial charge in [0.05, 0.1) is 12.5 Å². The normalized spacial score (nSPS) is 19.6. The Bertz CT molecular complexity index is 708. The van der Waals surface area contributed by atoms with Gasteiger partial charge in [-0.3, -0.25) is 4.79 Å². The van der Waals surface area contributed by atoms with E-state index < -0.39 is 44.3 Å². The number of rotatable bonds is 4. The van der Waals surface area contributed by atoms with E-state index in [2.05, 4.69) is 0 Å². The first-order chi connectivity index (χ1) is 10.8. The SMILES string of the molecule is CCOC(=O)C1CCCN(S(=O)(=O)c2ccc(F)c(F)c2F)C1. The van der Waals surface area contributed by atoms with Gasteiger partial charge >= 0.3 is 5.97 Å². The quantitative estimate of drug-likeness (QED) is 0.615. The average molecular weight is 351 g/mol. The highest BCUT2D eigenvalue weighted by atomic mass is 32.2. The van der Waals surface area contributed by atoms with Gasteiger partial charge in [0.2, 0.25) is 10.0 Å². The van der Waals surface area contributed by atoms with E-state index in [1.165, 1.54) is 0 Å². The number of halogens is 3. The van der Waals surface area contributed by atoms with Crippen LogP contribution in [0.5, 0.6) is 0 Å². The topological polar surface area (TPSA) is 63.7 Å². The van der Waals surface area contributed by atoms with Gasteiger partial charge < -0.3 is 4.74 Å². The van der Waals surface area contributed by atoms with Gasteiger partial charge in [0, 0.05) is 13.1 Å². The van der Waals surface area contributed by atoms with E-state index in [0.717, 1.165) is 4.31 Å². The number of hydrogen-bond acceptors (Lipinski definition) is 4. The summed E-state index contributed by atoms with van der Waals surface area (Å²) in [4.78, 5) is 10.8. The Hall–Kier alpha value is -1.61. The lowest BCUT2D eigenvalue weighted by Crippen LogP contribution is -2.43. The maximum Gasteiger partial charge on any atom is 0.310 e. The fourth-order valence-corrected chi connectivity index (χ4v) is 4.04. The number of hydrogen-bond donors (Lipinski definition) is 0. The first-order valence-electron chi connectivity index (χ1n) is 7.09. The minimum atomic E-state index is -4.37. The number of ether oxygens (including phenoxy) is 1. The summed E-state index contributed by atoms with van der Waals surface area (Å²) in [7, 11) is -4.37. The average Bonchev–Trinajstić information content (AvgIpc) is 2.53. The van der Waals surface area contributed by atoms with Gasteiger partial charge in [-0.25, -0.2) is 21.6 Å². The van der Waals surface area contributed by atoms with E-state index in [9.17, 15) is 26.4 Å². The van der Waals surface area contributed by atoms with Crippen LogP contribution >= 0.6 is 0 Å². The highest BCUT2D eigenvalue weighted by molar-refractivity contribution is 7.89. The minimum Gasteiger partial charge on any atom is -0.466 e. The van der Waals surface area contributed by atoms with Crippen LogP contribution in [0, 0.1) is 23.4 Å². The van der Waals surface area contributed by atoms with Crippen molar-refractivity contribution < 1.29 is 31.1 Å². The van der Waals surface area contributed by atoms with Crippen LogP contribution in [0.1, 0.15) is 19.8 Å². The molecule has 0 N–H and O–H groups in total. The molecule has 0 amide bonds. The molecule has 1 unspecified atom stereocenters. The number of esters is 1. The molecular formula is C14H16F3NO4S. The number of carbonyl (C=O) groups is 1. The predicted octanol–water partition coefficient (Wildman–Crippen LogP) is 2.07. The van der Waals surface area contributed by atoms with Crippen LogP contribution < -0.4 is 0 Å². The summed E-state index contributed by atoms with van der Waals surface area (Å²) in [5, 5.41) is 0. The molecule has 128 valence electrons. The third-order valence-electron chi connectivity index (χ3n) is 3.62. The van der Waals surface area contributed by atoms with Crippen molar-refractivity contribution in [1.29, 1.82) is 0 Å². The molecule has 0 saturated carbocycles. The molecule has 2 rings (SSSR count). The van der Waals surface area contributed by atoms with E-state index in [1.807, 2.05) is 0 Å². The first kappa shape index (κ1) is 17.7. The smallest absolute Gasteiger partial charge is 0.310 e. The highest BCUT2D eigenvalue weighted by Gasteiger charge is 2.36. The highest BCUT2D eigenvalue weighted by Crippen LogP contribution is 2.27. The molecule has 1 saturated heterocycles. The summed E-state index contributed by atoms with van der Waals surface area (Å²) in [6, 6.07) is 1.23. The lowest BCUT2D eigenvalue weighted by molar-refractivity contribution is -0.149. The molecule has 1 aromatic carbocycles. The minimum absolute atomic E-state index is 0.0661. The number of nitrogens with zero attached hydrogens (tertiary/aromatic N) is 1. The van der Waals surface area contributed by atoms with Gasteiger partial charge in [0.25, 0.3) is 0 Å². The third-order valence-corrected chi connectivity index (χ3v) is 5.50. The molecule has 1 atom stereocenters. The fraction of sp³-hybridized carbons (Fsp3) is 0.500. The monoisotopic (exact) mass is 351 g/mol. The second-order valence-corrected chi connectivity index (χ2v) is 7.03. The summed E-state index contributed by atoms with van der Waals surface area (Å²) in [6.07, 6.45) is 0.832. The summed E-state index contributed by atoms with van der Waals surface area (Å²) in [5.74, 6) is -6.26. The Morgan fingerprint density at radius 2 is 2.00 bits per heavy atom. The van der Waals surface area contributed by atoms with E-state index in [4.69, 9.17) is 4.74 Å². The molecule has 1 heterocycles. The molecule has 1 aliphatic rings. The zero-order valence-electron chi connectivity index (χ0n) is 12.4. The maximum atomic E-state index is 13.8. The molecule has 23 heavy (non-hydrogen) atoms. The van der Waals surface area contributed by atoms with Crippen LogP contribution in [0.25, 0.3) is 0 Å². The lowest BCUT2D eigenvalue weighted by atomic mass is 10.0. The van der Waals surface area contributed by atoms with Crippen LogP contribution in [-0.2, 0) is 19.6 Å². The molecule has 0 spiro atoms. The standard InChI is InChI=1S/C14H16F3NO4S/c1-2-22-14(19)9-4-3-7-18(8-9)23(20,21)11-6-5-10(15)12(16)13(11)17/h5-6,9H,2-4,7-8H2,1H3. The Kier molecular flexibility index (Phi) is 5.30. The van der Waals surface area contributed by atoms with Crippen LogP contribution in [0.3, 0.4) is 0 Å².